The average Bonchev–Trinajstić information content (AvgIpc) is 3.10. The van der Waals surface area contributed by atoms with Gasteiger partial charge in [-0.3, -0.25) is 5.41 Å². The van der Waals surface area contributed by atoms with E-state index in [1.807, 2.05) is 18.2 Å². The molecule has 2 N–H and O–H groups in total. The van der Waals surface area contributed by atoms with E-state index in [2.05, 4.69) is 34.5 Å². The van der Waals surface area contributed by atoms with E-state index in [4.69, 9.17) is 17.0 Å². The van der Waals surface area contributed by atoms with Crippen molar-refractivity contribution in [2.75, 3.05) is 23.3 Å². The largest absolute Gasteiger partial charge is 0.372 e. The standard InChI is InChI=1S/C19H20ClN3/c20-16-6-8-17(9-7-16)22-19(21)12-5-15-3-10-18(11-4-15)23-13-1-2-14-23/h3-12H,1-2,13-14H2,(H2,21,22)/b12-5+. The van der Waals surface area contributed by atoms with Crippen LogP contribution in [-0.4, -0.2) is 18.9 Å². The Balaban J connectivity index is 1.58. The van der Waals surface area contributed by atoms with Gasteiger partial charge in [-0.05, 0) is 60.9 Å². The molecule has 0 unspecified atom stereocenters. The van der Waals surface area contributed by atoms with E-state index in [1.165, 1.54) is 18.5 Å². The van der Waals surface area contributed by atoms with Gasteiger partial charge in [0.2, 0.25) is 0 Å². The van der Waals surface area contributed by atoms with Crippen molar-refractivity contribution in [1.29, 1.82) is 5.41 Å². The predicted molar refractivity (Wildman–Crippen MR) is 99.7 cm³/mol. The Labute approximate surface area is 142 Å². The van der Waals surface area contributed by atoms with Crippen LogP contribution in [0.3, 0.4) is 0 Å². The minimum atomic E-state index is 0.343. The highest BCUT2D eigenvalue weighted by Crippen LogP contribution is 2.20. The van der Waals surface area contributed by atoms with Crippen LogP contribution in [0, 0.1) is 5.41 Å². The van der Waals surface area contributed by atoms with Gasteiger partial charge in [0.15, 0.2) is 0 Å². The number of hydrogen-bond donors (Lipinski definition) is 2. The van der Waals surface area contributed by atoms with Crippen molar-refractivity contribution in [2.45, 2.75) is 12.8 Å². The number of nitrogens with one attached hydrogen (secondary N) is 2. The van der Waals surface area contributed by atoms with Crippen LogP contribution in [-0.2, 0) is 0 Å². The van der Waals surface area contributed by atoms with Gasteiger partial charge in [-0.25, -0.2) is 0 Å². The van der Waals surface area contributed by atoms with Crippen LogP contribution in [0.1, 0.15) is 18.4 Å². The lowest BCUT2D eigenvalue weighted by Crippen LogP contribution is -2.17. The molecule has 1 fully saturated rings. The van der Waals surface area contributed by atoms with Gasteiger partial charge in [0, 0.05) is 29.5 Å². The number of anilines is 2. The van der Waals surface area contributed by atoms with Crippen molar-refractivity contribution in [3.8, 4) is 0 Å². The summed E-state index contributed by atoms with van der Waals surface area (Å²) in [5.74, 6) is 0.343. The summed E-state index contributed by atoms with van der Waals surface area (Å²) in [4.78, 5) is 2.41. The Morgan fingerprint density at radius 3 is 2.30 bits per heavy atom. The Kier molecular flexibility index (Phi) is 4.99. The van der Waals surface area contributed by atoms with E-state index in [0.29, 0.717) is 10.9 Å². The molecule has 1 heterocycles. The number of benzene rings is 2. The van der Waals surface area contributed by atoms with Gasteiger partial charge in [-0.1, -0.05) is 29.8 Å². The summed E-state index contributed by atoms with van der Waals surface area (Å²) in [5, 5.41) is 11.7. The van der Waals surface area contributed by atoms with E-state index >= 15 is 0 Å². The molecule has 4 heteroatoms. The molecule has 0 spiro atoms. The highest BCUT2D eigenvalue weighted by molar-refractivity contribution is 6.30. The fraction of sp³-hybridized carbons (Fsp3) is 0.211. The first-order chi connectivity index (χ1) is 11.2. The summed E-state index contributed by atoms with van der Waals surface area (Å²) in [6, 6.07) is 15.8. The van der Waals surface area contributed by atoms with Crippen LogP contribution in [0.4, 0.5) is 11.4 Å². The minimum Gasteiger partial charge on any atom is -0.372 e. The summed E-state index contributed by atoms with van der Waals surface area (Å²) < 4.78 is 0. The Morgan fingerprint density at radius 2 is 1.65 bits per heavy atom. The summed E-state index contributed by atoms with van der Waals surface area (Å²) in [5.41, 5.74) is 3.23. The van der Waals surface area contributed by atoms with Gasteiger partial charge >= 0.3 is 0 Å². The fourth-order valence-electron chi connectivity index (χ4n) is 2.68. The molecule has 0 radical (unpaired) electrons. The first-order valence-corrected chi connectivity index (χ1v) is 8.23. The molecule has 2 aromatic carbocycles. The number of hydrogen-bond acceptors (Lipinski definition) is 2. The van der Waals surface area contributed by atoms with Crippen LogP contribution in [0.2, 0.25) is 5.02 Å². The summed E-state index contributed by atoms with van der Waals surface area (Å²) in [6.07, 6.45) is 6.28. The Bertz CT molecular complexity index is 684. The number of nitrogens with zero attached hydrogens (tertiary/aromatic N) is 1. The van der Waals surface area contributed by atoms with Crippen LogP contribution in [0.25, 0.3) is 6.08 Å². The maximum atomic E-state index is 7.97. The van der Waals surface area contributed by atoms with Gasteiger partial charge < -0.3 is 10.2 Å². The lowest BCUT2D eigenvalue weighted by Gasteiger charge is -2.17. The third-order valence-electron chi connectivity index (χ3n) is 3.93. The molecule has 0 saturated carbocycles. The van der Waals surface area contributed by atoms with E-state index < -0.39 is 0 Å². The first kappa shape index (κ1) is 15.6. The summed E-state index contributed by atoms with van der Waals surface area (Å²) >= 11 is 5.85. The molecular weight excluding hydrogens is 306 g/mol. The molecule has 0 amide bonds. The first-order valence-electron chi connectivity index (χ1n) is 7.85. The monoisotopic (exact) mass is 325 g/mol. The zero-order valence-electron chi connectivity index (χ0n) is 12.9. The highest BCUT2D eigenvalue weighted by atomic mass is 35.5. The zero-order chi connectivity index (χ0) is 16.1. The van der Waals surface area contributed by atoms with Crippen molar-refractivity contribution < 1.29 is 0 Å². The SMILES string of the molecule is N=C(/C=C/c1ccc(N2CCCC2)cc1)Nc1ccc(Cl)cc1. The Hall–Kier alpha value is -2.26. The fourth-order valence-corrected chi connectivity index (χ4v) is 2.81. The molecule has 2 aromatic rings. The highest BCUT2D eigenvalue weighted by Gasteiger charge is 2.11. The lowest BCUT2D eigenvalue weighted by atomic mass is 10.2. The van der Waals surface area contributed by atoms with Crippen LogP contribution < -0.4 is 10.2 Å². The van der Waals surface area contributed by atoms with Gasteiger partial charge in [0.05, 0.1) is 0 Å². The van der Waals surface area contributed by atoms with Crippen molar-refractivity contribution in [2.24, 2.45) is 0 Å². The maximum Gasteiger partial charge on any atom is 0.122 e. The van der Waals surface area contributed by atoms with Crippen molar-refractivity contribution in [1.82, 2.24) is 0 Å². The average molecular weight is 326 g/mol. The molecule has 1 aliphatic rings. The van der Waals surface area contributed by atoms with Crippen LogP contribution >= 0.6 is 11.6 Å². The molecule has 0 bridgehead atoms. The normalized spacial score (nSPS) is 14.4. The van der Waals surface area contributed by atoms with Crippen molar-refractivity contribution in [3.63, 3.8) is 0 Å². The molecular formula is C19H20ClN3. The smallest absolute Gasteiger partial charge is 0.122 e. The third kappa shape index (κ3) is 4.36. The second-order valence-corrected chi connectivity index (χ2v) is 6.10. The molecule has 1 aliphatic heterocycles. The number of halogens is 1. The lowest BCUT2D eigenvalue weighted by molar-refractivity contribution is 0.949. The molecule has 1 saturated heterocycles. The molecule has 0 aliphatic carbocycles. The van der Waals surface area contributed by atoms with Crippen molar-refractivity contribution >= 4 is 34.9 Å². The van der Waals surface area contributed by atoms with Gasteiger partial charge in [-0.15, -0.1) is 0 Å². The Morgan fingerprint density at radius 1 is 1.00 bits per heavy atom. The second kappa shape index (κ2) is 7.34. The third-order valence-corrected chi connectivity index (χ3v) is 4.18. The molecule has 23 heavy (non-hydrogen) atoms. The maximum absolute atomic E-state index is 7.97. The summed E-state index contributed by atoms with van der Waals surface area (Å²) in [7, 11) is 0. The van der Waals surface area contributed by atoms with Gasteiger partial charge in [0.1, 0.15) is 5.84 Å². The zero-order valence-corrected chi connectivity index (χ0v) is 13.7. The van der Waals surface area contributed by atoms with E-state index in [0.717, 1.165) is 24.3 Å². The van der Waals surface area contributed by atoms with Crippen LogP contribution in [0.15, 0.2) is 54.6 Å². The van der Waals surface area contributed by atoms with Gasteiger partial charge in [-0.2, -0.15) is 0 Å². The van der Waals surface area contributed by atoms with Gasteiger partial charge in [0.25, 0.3) is 0 Å². The number of rotatable bonds is 4. The predicted octanol–water partition coefficient (Wildman–Crippen LogP) is 5.04. The molecule has 3 rings (SSSR count). The second-order valence-electron chi connectivity index (χ2n) is 5.66. The van der Waals surface area contributed by atoms with Crippen LogP contribution in [0.5, 0.6) is 0 Å². The van der Waals surface area contributed by atoms with Crippen molar-refractivity contribution in [3.05, 3.63) is 65.2 Å². The van der Waals surface area contributed by atoms with E-state index in [9.17, 15) is 0 Å². The van der Waals surface area contributed by atoms with E-state index in [-0.39, 0.29) is 0 Å². The molecule has 0 atom stereocenters. The topological polar surface area (TPSA) is 39.1 Å². The molecule has 0 aromatic heterocycles. The number of amidine groups is 1. The minimum absolute atomic E-state index is 0.343. The summed E-state index contributed by atoms with van der Waals surface area (Å²) in [6.45, 7) is 2.32. The van der Waals surface area contributed by atoms with E-state index in [1.54, 1.807) is 18.2 Å². The molecule has 118 valence electrons. The quantitative estimate of drug-likeness (QED) is 0.610. The molecule has 3 nitrogen and oxygen atoms in total.